The van der Waals surface area contributed by atoms with Crippen LogP contribution in [-0.4, -0.2) is 55.7 Å². The number of likely N-dealkylation sites (tertiary alicyclic amines) is 1. The van der Waals surface area contributed by atoms with Crippen molar-refractivity contribution in [1.29, 1.82) is 0 Å². The molecular weight excluding hydrogens is 358 g/mol. The zero-order chi connectivity index (χ0) is 19.7. The van der Waals surface area contributed by atoms with Gasteiger partial charge in [-0.25, -0.2) is 4.79 Å². The van der Waals surface area contributed by atoms with Gasteiger partial charge < -0.3 is 25.0 Å². The van der Waals surface area contributed by atoms with Crippen LogP contribution in [0.5, 0.6) is 11.5 Å². The third-order valence-electron chi connectivity index (χ3n) is 6.53. The third-order valence-corrected chi connectivity index (χ3v) is 6.53. The number of hydrogen-bond acceptors (Lipinski definition) is 4. The number of urea groups is 1. The van der Waals surface area contributed by atoms with Crippen LogP contribution in [0.1, 0.15) is 48.9 Å². The summed E-state index contributed by atoms with van der Waals surface area (Å²) in [5.74, 6) is 1.81. The molecule has 1 aromatic carbocycles. The van der Waals surface area contributed by atoms with E-state index in [4.69, 9.17) is 9.47 Å². The molecule has 2 atom stereocenters. The third kappa shape index (κ3) is 3.62. The number of rotatable bonds is 5. The van der Waals surface area contributed by atoms with Gasteiger partial charge in [-0.15, -0.1) is 0 Å². The Morgan fingerprint density at radius 3 is 2.54 bits per heavy atom. The largest absolute Gasteiger partial charge is 0.497 e. The number of benzene rings is 1. The maximum Gasteiger partial charge on any atom is 0.315 e. The van der Waals surface area contributed by atoms with E-state index >= 15 is 0 Å². The van der Waals surface area contributed by atoms with Crippen molar-refractivity contribution >= 4 is 11.9 Å². The first-order chi connectivity index (χ1) is 13.5. The van der Waals surface area contributed by atoms with E-state index < -0.39 is 0 Å². The Hall–Kier alpha value is -2.44. The maximum absolute atomic E-state index is 12.9. The Bertz CT molecular complexity index is 760. The standard InChI is InChI=1S/C21H29N3O4/c1-27-16-5-6-17(18(12-16)28-2)19(25)24-10-7-15(8-11-24)22-20(26)23-21-9-3-4-14(21)13-21/h5-6,12,14-15H,3-4,7-11,13H2,1-2H3,(H2,22,23,26). The molecule has 3 amide bonds. The SMILES string of the molecule is COc1ccc(C(=O)N2CCC(NC(=O)NC34CCCC3C4)CC2)c(OC)c1. The molecule has 0 radical (unpaired) electrons. The molecule has 3 fully saturated rings. The molecule has 2 aliphatic carbocycles. The molecule has 0 spiro atoms. The van der Waals surface area contributed by atoms with Crippen LogP contribution in [0.2, 0.25) is 0 Å². The molecule has 3 aliphatic rings. The summed E-state index contributed by atoms with van der Waals surface area (Å²) in [5, 5.41) is 6.31. The summed E-state index contributed by atoms with van der Waals surface area (Å²) >= 11 is 0. The van der Waals surface area contributed by atoms with Gasteiger partial charge in [0.05, 0.1) is 19.8 Å². The van der Waals surface area contributed by atoms with Crippen molar-refractivity contribution in [2.24, 2.45) is 5.92 Å². The van der Waals surface area contributed by atoms with E-state index in [2.05, 4.69) is 10.6 Å². The van der Waals surface area contributed by atoms with E-state index in [-0.39, 0.29) is 23.5 Å². The number of fused-ring (bicyclic) bond motifs is 1. The van der Waals surface area contributed by atoms with Gasteiger partial charge in [0.1, 0.15) is 11.5 Å². The van der Waals surface area contributed by atoms with E-state index in [1.165, 1.54) is 12.8 Å². The maximum atomic E-state index is 12.9. The number of amides is 3. The summed E-state index contributed by atoms with van der Waals surface area (Å²) in [7, 11) is 3.13. The Kier molecular flexibility index (Phi) is 5.08. The summed E-state index contributed by atoms with van der Waals surface area (Å²) in [5.41, 5.74) is 0.624. The van der Waals surface area contributed by atoms with Crippen LogP contribution in [-0.2, 0) is 0 Å². The van der Waals surface area contributed by atoms with Gasteiger partial charge in [0, 0.05) is 30.7 Å². The fraction of sp³-hybridized carbons (Fsp3) is 0.619. The summed E-state index contributed by atoms with van der Waals surface area (Å²) in [4.78, 5) is 27.1. The second-order valence-corrected chi connectivity index (χ2v) is 8.18. The lowest BCUT2D eigenvalue weighted by Crippen LogP contribution is -2.51. The van der Waals surface area contributed by atoms with Gasteiger partial charge in [-0.2, -0.15) is 0 Å². The molecule has 1 aliphatic heterocycles. The molecule has 152 valence electrons. The number of piperidine rings is 1. The lowest BCUT2D eigenvalue weighted by Gasteiger charge is -2.33. The zero-order valence-corrected chi connectivity index (χ0v) is 16.6. The molecule has 7 heteroatoms. The molecule has 4 rings (SSSR count). The number of nitrogens with one attached hydrogen (secondary N) is 2. The average Bonchev–Trinajstić information content (AvgIpc) is 3.25. The quantitative estimate of drug-likeness (QED) is 0.814. The second kappa shape index (κ2) is 7.53. The van der Waals surface area contributed by atoms with Gasteiger partial charge in [-0.05, 0) is 50.2 Å². The summed E-state index contributed by atoms with van der Waals surface area (Å²) in [6.45, 7) is 1.24. The average molecular weight is 387 g/mol. The van der Waals surface area contributed by atoms with Gasteiger partial charge >= 0.3 is 6.03 Å². The predicted molar refractivity (Wildman–Crippen MR) is 105 cm³/mol. The fourth-order valence-corrected chi connectivity index (χ4v) is 4.76. The molecule has 2 N–H and O–H groups in total. The molecule has 2 saturated carbocycles. The number of ether oxygens (including phenoxy) is 2. The summed E-state index contributed by atoms with van der Waals surface area (Å²) in [6, 6.07) is 5.29. The van der Waals surface area contributed by atoms with Crippen LogP contribution < -0.4 is 20.1 Å². The Morgan fingerprint density at radius 2 is 1.93 bits per heavy atom. The molecule has 28 heavy (non-hydrogen) atoms. The number of methoxy groups -OCH3 is 2. The molecule has 7 nitrogen and oxygen atoms in total. The smallest absolute Gasteiger partial charge is 0.315 e. The molecule has 2 unspecified atom stereocenters. The molecule has 1 aromatic rings. The number of carbonyl (C=O) groups excluding carboxylic acids is 2. The van der Waals surface area contributed by atoms with E-state index in [1.807, 2.05) is 4.90 Å². The van der Waals surface area contributed by atoms with Crippen LogP contribution in [0, 0.1) is 5.92 Å². The summed E-state index contributed by atoms with van der Waals surface area (Å²) in [6.07, 6.45) is 6.23. The van der Waals surface area contributed by atoms with Crippen molar-refractivity contribution in [3.8, 4) is 11.5 Å². The van der Waals surface area contributed by atoms with Crippen LogP contribution in [0.4, 0.5) is 4.79 Å². The first-order valence-corrected chi connectivity index (χ1v) is 10.1. The van der Waals surface area contributed by atoms with E-state index in [1.54, 1.807) is 32.4 Å². The highest BCUT2D eigenvalue weighted by Gasteiger charge is 2.57. The van der Waals surface area contributed by atoms with Crippen molar-refractivity contribution in [3.05, 3.63) is 23.8 Å². The minimum absolute atomic E-state index is 0.0481. The Balaban J connectivity index is 1.29. The Labute approximate surface area is 165 Å². The van der Waals surface area contributed by atoms with Crippen molar-refractivity contribution < 1.29 is 19.1 Å². The molecule has 0 aromatic heterocycles. The Morgan fingerprint density at radius 1 is 1.14 bits per heavy atom. The van der Waals surface area contributed by atoms with E-state index in [9.17, 15) is 9.59 Å². The number of hydrogen-bond donors (Lipinski definition) is 2. The topological polar surface area (TPSA) is 79.9 Å². The van der Waals surface area contributed by atoms with Crippen LogP contribution in [0.3, 0.4) is 0 Å². The highest BCUT2D eigenvalue weighted by Crippen LogP contribution is 2.55. The van der Waals surface area contributed by atoms with Crippen molar-refractivity contribution in [2.75, 3.05) is 27.3 Å². The van der Waals surface area contributed by atoms with Crippen molar-refractivity contribution in [2.45, 2.75) is 50.1 Å². The van der Waals surface area contributed by atoms with Crippen LogP contribution >= 0.6 is 0 Å². The van der Waals surface area contributed by atoms with E-state index in [0.717, 1.165) is 25.7 Å². The van der Waals surface area contributed by atoms with E-state index in [0.29, 0.717) is 36.1 Å². The minimum atomic E-state index is -0.0500. The van der Waals surface area contributed by atoms with Gasteiger partial charge in [0.2, 0.25) is 0 Å². The number of carbonyl (C=O) groups is 2. The van der Waals surface area contributed by atoms with Gasteiger partial charge in [-0.1, -0.05) is 6.42 Å². The van der Waals surface area contributed by atoms with Crippen molar-refractivity contribution in [1.82, 2.24) is 15.5 Å². The van der Waals surface area contributed by atoms with Crippen LogP contribution in [0.15, 0.2) is 18.2 Å². The summed E-state index contributed by atoms with van der Waals surface area (Å²) < 4.78 is 10.6. The minimum Gasteiger partial charge on any atom is -0.497 e. The van der Waals surface area contributed by atoms with Crippen molar-refractivity contribution in [3.63, 3.8) is 0 Å². The lowest BCUT2D eigenvalue weighted by molar-refractivity contribution is 0.0705. The first kappa shape index (κ1) is 18.9. The lowest BCUT2D eigenvalue weighted by atomic mass is 10.0. The van der Waals surface area contributed by atoms with Crippen LogP contribution in [0.25, 0.3) is 0 Å². The molecule has 1 saturated heterocycles. The van der Waals surface area contributed by atoms with Gasteiger partial charge in [0.25, 0.3) is 5.91 Å². The second-order valence-electron chi connectivity index (χ2n) is 8.18. The highest BCUT2D eigenvalue weighted by atomic mass is 16.5. The first-order valence-electron chi connectivity index (χ1n) is 10.1. The molecule has 1 heterocycles. The predicted octanol–water partition coefficient (Wildman–Crippen LogP) is 2.55. The zero-order valence-electron chi connectivity index (χ0n) is 16.6. The fourth-order valence-electron chi connectivity index (χ4n) is 4.76. The molecule has 0 bridgehead atoms. The monoisotopic (exact) mass is 387 g/mol. The number of nitrogens with zero attached hydrogens (tertiary/aromatic N) is 1. The van der Waals surface area contributed by atoms with Gasteiger partial charge in [0.15, 0.2) is 0 Å². The highest BCUT2D eigenvalue weighted by molar-refractivity contribution is 5.97. The normalized spacial score (nSPS) is 26.4. The van der Waals surface area contributed by atoms with Gasteiger partial charge in [-0.3, -0.25) is 4.79 Å². The molecular formula is C21H29N3O4.